The molecule has 30 heavy (non-hydrogen) atoms. The molecule has 1 saturated heterocycles. The molecule has 150 valence electrons. The van der Waals surface area contributed by atoms with Crippen LogP contribution < -0.4 is 5.32 Å². The van der Waals surface area contributed by atoms with Gasteiger partial charge in [-0.15, -0.1) is 0 Å². The molecule has 0 atom stereocenters. The van der Waals surface area contributed by atoms with E-state index in [2.05, 4.69) is 5.32 Å². The van der Waals surface area contributed by atoms with Crippen LogP contribution in [0.5, 0.6) is 0 Å². The van der Waals surface area contributed by atoms with Crippen molar-refractivity contribution in [1.29, 1.82) is 0 Å². The Morgan fingerprint density at radius 3 is 2.63 bits per heavy atom. The molecule has 2 heterocycles. The maximum atomic E-state index is 12.7. The van der Waals surface area contributed by atoms with Crippen LogP contribution in [0.3, 0.4) is 0 Å². The second kappa shape index (κ2) is 8.42. The number of benzene rings is 2. The minimum absolute atomic E-state index is 0.300. The van der Waals surface area contributed by atoms with Crippen LogP contribution in [0.2, 0.25) is 0 Å². The fraction of sp³-hybridized carbons (Fsp3) is 0.0870. The van der Waals surface area contributed by atoms with E-state index in [-0.39, 0.29) is 6.54 Å². The predicted octanol–water partition coefficient (Wildman–Crippen LogP) is 4.46. The molecule has 0 spiro atoms. The van der Waals surface area contributed by atoms with Crippen LogP contribution in [-0.2, 0) is 9.59 Å². The van der Waals surface area contributed by atoms with E-state index in [9.17, 15) is 14.4 Å². The maximum absolute atomic E-state index is 12.7. The fourth-order valence-electron chi connectivity index (χ4n) is 3.11. The molecule has 4 rings (SSSR count). The Kier molecular flexibility index (Phi) is 5.54. The topological polar surface area (TPSA) is 71.4 Å². The molecule has 0 saturated carbocycles. The van der Waals surface area contributed by atoms with Crippen molar-refractivity contribution in [2.45, 2.75) is 6.92 Å². The number of aromatic nitrogens is 1. The highest BCUT2D eigenvalue weighted by Crippen LogP contribution is 2.32. The molecule has 1 aliphatic heterocycles. The molecule has 2 aromatic carbocycles. The number of hydrogen-bond acceptors (Lipinski definition) is 4. The SMILES string of the molecule is Cc1cccc(NC(=O)CN2C(=O)S/C(=C/c3ccn(-c4ccccc4)c3)C2=O)c1. The molecule has 0 bridgehead atoms. The van der Waals surface area contributed by atoms with Crippen molar-refractivity contribution in [2.75, 3.05) is 11.9 Å². The largest absolute Gasteiger partial charge is 0.325 e. The number of hydrogen-bond donors (Lipinski definition) is 1. The number of amides is 3. The van der Waals surface area contributed by atoms with Gasteiger partial charge in [-0.25, -0.2) is 0 Å². The van der Waals surface area contributed by atoms with Crippen molar-refractivity contribution in [2.24, 2.45) is 0 Å². The highest BCUT2D eigenvalue weighted by atomic mass is 32.2. The number of para-hydroxylation sites is 1. The summed E-state index contributed by atoms with van der Waals surface area (Å²) < 4.78 is 1.94. The van der Waals surface area contributed by atoms with E-state index >= 15 is 0 Å². The number of aryl methyl sites for hydroxylation is 1. The number of thioether (sulfide) groups is 1. The first-order chi connectivity index (χ1) is 14.5. The van der Waals surface area contributed by atoms with Crippen molar-refractivity contribution in [3.63, 3.8) is 0 Å². The summed E-state index contributed by atoms with van der Waals surface area (Å²) in [6.45, 7) is 1.60. The van der Waals surface area contributed by atoms with Crippen LogP contribution in [0, 0.1) is 6.92 Å². The van der Waals surface area contributed by atoms with Gasteiger partial charge in [0.2, 0.25) is 5.91 Å². The molecular weight excluding hydrogens is 398 g/mol. The summed E-state index contributed by atoms with van der Waals surface area (Å²) >= 11 is 0.842. The first-order valence-electron chi connectivity index (χ1n) is 9.35. The van der Waals surface area contributed by atoms with Crippen molar-refractivity contribution in [3.05, 3.63) is 89.1 Å². The number of anilines is 1. The maximum Gasteiger partial charge on any atom is 0.294 e. The molecule has 3 aromatic rings. The summed E-state index contributed by atoms with van der Waals surface area (Å²) in [6.07, 6.45) is 5.44. The molecule has 0 aliphatic carbocycles. The van der Waals surface area contributed by atoms with Gasteiger partial charge in [-0.3, -0.25) is 19.3 Å². The van der Waals surface area contributed by atoms with Crippen LogP contribution in [0.15, 0.2) is 78.0 Å². The number of nitrogens with one attached hydrogen (secondary N) is 1. The van der Waals surface area contributed by atoms with E-state index < -0.39 is 17.1 Å². The monoisotopic (exact) mass is 417 g/mol. The van der Waals surface area contributed by atoms with Gasteiger partial charge in [-0.2, -0.15) is 0 Å². The van der Waals surface area contributed by atoms with Gasteiger partial charge in [-0.05, 0) is 66.2 Å². The number of carbonyl (C=O) groups is 3. The van der Waals surface area contributed by atoms with Gasteiger partial charge in [-0.1, -0.05) is 30.3 Å². The van der Waals surface area contributed by atoms with Gasteiger partial charge < -0.3 is 9.88 Å². The molecule has 1 aromatic heterocycles. The van der Waals surface area contributed by atoms with E-state index in [1.807, 2.05) is 78.5 Å². The Balaban J connectivity index is 1.45. The quantitative estimate of drug-likeness (QED) is 0.622. The third-order valence-corrected chi connectivity index (χ3v) is 5.45. The Morgan fingerprint density at radius 1 is 1.07 bits per heavy atom. The van der Waals surface area contributed by atoms with Crippen LogP contribution >= 0.6 is 11.8 Å². The molecule has 0 radical (unpaired) electrons. The van der Waals surface area contributed by atoms with Gasteiger partial charge in [0, 0.05) is 23.8 Å². The third kappa shape index (κ3) is 4.36. The van der Waals surface area contributed by atoms with Crippen molar-refractivity contribution >= 4 is 40.6 Å². The molecule has 6 nitrogen and oxygen atoms in total. The minimum atomic E-state index is -0.461. The van der Waals surface area contributed by atoms with E-state index in [4.69, 9.17) is 0 Å². The summed E-state index contributed by atoms with van der Waals surface area (Å²) in [4.78, 5) is 38.5. The highest BCUT2D eigenvalue weighted by molar-refractivity contribution is 8.18. The number of rotatable bonds is 5. The van der Waals surface area contributed by atoms with Crippen molar-refractivity contribution < 1.29 is 14.4 Å². The minimum Gasteiger partial charge on any atom is -0.325 e. The summed E-state index contributed by atoms with van der Waals surface area (Å²) in [5, 5.41) is 2.27. The second-order valence-corrected chi connectivity index (χ2v) is 7.87. The zero-order valence-corrected chi connectivity index (χ0v) is 17.1. The molecule has 7 heteroatoms. The van der Waals surface area contributed by atoms with Crippen LogP contribution in [0.4, 0.5) is 10.5 Å². The average molecular weight is 417 g/mol. The molecule has 1 aliphatic rings. The third-order valence-electron chi connectivity index (χ3n) is 4.54. The Labute approximate surface area is 178 Å². The first kappa shape index (κ1) is 19.7. The van der Waals surface area contributed by atoms with E-state index in [0.29, 0.717) is 10.6 Å². The molecule has 1 fully saturated rings. The second-order valence-electron chi connectivity index (χ2n) is 6.87. The predicted molar refractivity (Wildman–Crippen MR) is 118 cm³/mol. The van der Waals surface area contributed by atoms with Gasteiger partial charge in [0.15, 0.2) is 0 Å². The summed E-state index contributed by atoms with van der Waals surface area (Å²) in [5.74, 6) is -0.878. The summed E-state index contributed by atoms with van der Waals surface area (Å²) in [6, 6.07) is 19.0. The molecule has 0 unspecified atom stereocenters. The smallest absolute Gasteiger partial charge is 0.294 e. The lowest BCUT2D eigenvalue weighted by molar-refractivity contribution is -0.127. The first-order valence-corrected chi connectivity index (χ1v) is 10.2. The van der Waals surface area contributed by atoms with E-state index in [1.165, 1.54) is 0 Å². The van der Waals surface area contributed by atoms with E-state index in [1.54, 1.807) is 12.1 Å². The van der Waals surface area contributed by atoms with Crippen LogP contribution in [-0.4, -0.2) is 33.1 Å². The lowest BCUT2D eigenvalue weighted by Gasteiger charge is -2.12. The van der Waals surface area contributed by atoms with Crippen molar-refractivity contribution in [1.82, 2.24) is 9.47 Å². The van der Waals surface area contributed by atoms with Gasteiger partial charge in [0.05, 0.1) is 4.91 Å². The zero-order chi connectivity index (χ0) is 21.1. The Morgan fingerprint density at radius 2 is 1.87 bits per heavy atom. The summed E-state index contributed by atoms with van der Waals surface area (Å²) in [7, 11) is 0. The van der Waals surface area contributed by atoms with Gasteiger partial charge >= 0.3 is 0 Å². The number of carbonyl (C=O) groups excluding carboxylic acids is 3. The number of imide groups is 1. The van der Waals surface area contributed by atoms with Crippen molar-refractivity contribution in [3.8, 4) is 5.69 Å². The van der Waals surface area contributed by atoms with Gasteiger partial charge in [0.25, 0.3) is 11.1 Å². The zero-order valence-electron chi connectivity index (χ0n) is 16.2. The normalized spacial score (nSPS) is 15.1. The standard InChI is InChI=1S/C23H19N3O3S/c1-16-6-5-7-18(12-16)24-21(27)15-26-22(28)20(30-23(26)29)13-17-10-11-25(14-17)19-8-3-2-4-9-19/h2-14H,15H2,1H3,(H,24,27)/b20-13+. The lowest BCUT2D eigenvalue weighted by atomic mass is 10.2. The number of nitrogens with zero attached hydrogens (tertiary/aromatic N) is 2. The Bertz CT molecular complexity index is 1150. The Hall–Kier alpha value is -3.58. The van der Waals surface area contributed by atoms with E-state index in [0.717, 1.165) is 33.5 Å². The van der Waals surface area contributed by atoms with Gasteiger partial charge in [0.1, 0.15) is 6.54 Å². The average Bonchev–Trinajstić information content (AvgIpc) is 3.29. The molecule has 3 amide bonds. The molecular formula is C23H19N3O3S. The molecule has 1 N–H and O–H groups in total. The summed E-state index contributed by atoms with van der Waals surface area (Å²) in [5.41, 5.74) is 3.43. The van der Waals surface area contributed by atoms with Crippen LogP contribution in [0.25, 0.3) is 11.8 Å². The lowest BCUT2D eigenvalue weighted by Crippen LogP contribution is -2.36. The highest BCUT2D eigenvalue weighted by Gasteiger charge is 2.36. The fourth-order valence-corrected chi connectivity index (χ4v) is 3.95. The van der Waals surface area contributed by atoms with Crippen LogP contribution in [0.1, 0.15) is 11.1 Å².